The van der Waals surface area contributed by atoms with Crippen molar-refractivity contribution in [1.82, 2.24) is 9.55 Å². The van der Waals surface area contributed by atoms with Crippen LogP contribution in [0.4, 0.5) is 5.82 Å². The monoisotopic (exact) mass is 279 g/mol. The fourth-order valence-corrected chi connectivity index (χ4v) is 2.07. The predicted molar refractivity (Wildman–Crippen MR) is 70.1 cm³/mol. The number of benzene rings is 1. The molecule has 0 atom stereocenters. The van der Waals surface area contributed by atoms with Crippen molar-refractivity contribution >= 4 is 21.7 Å². The Hall–Kier alpha value is -1.29. The van der Waals surface area contributed by atoms with Gasteiger partial charge in [-0.3, -0.25) is 0 Å². The number of imidazole rings is 1. The molecule has 0 aliphatic rings. The second-order valence-electron chi connectivity index (χ2n) is 3.68. The van der Waals surface area contributed by atoms with E-state index in [1.54, 1.807) is 6.33 Å². The van der Waals surface area contributed by atoms with Gasteiger partial charge >= 0.3 is 0 Å². The first kappa shape index (κ1) is 11.2. The number of halogens is 1. The van der Waals surface area contributed by atoms with Gasteiger partial charge in [0.2, 0.25) is 0 Å². The molecule has 0 amide bonds. The van der Waals surface area contributed by atoms with Gasteiger partial charge in [0.1, 0.15) is 11.5 Å². The third-order valence-corrected chi connectivity index (χ3v) is 2.93. The Balaban J connectivity index is 2.41. The number of aryl methyl sites for hydroxylation is 1. The van der Waals surface area contributed by atoms with Gasteiger partial charge in [-0.15, -0.1) is 0 Å². The molecule has 3 nitrogen and oxygen atoms in total. The maximum absolute atomic E-state index is 6.06. The number of hydrogen-bond acceptors (Lipinski definition) is 2. The molecule has 0 unspecified atom stereocenters. The van der Waals surface area contributed by atoms with Gasteiger partial charge in [-0.05, 0) is 18.6 Å². The fourth-order valence-electron chi connectivity index (χ4n) is 1.67. The second kappa shape index (κ2) is 4.70. The van der Waals surface area contributed by atoms with Gasteiger partial charge in [-0.25, -0.2) is 4.98 Å². The first-order chi connectivity index (χ1) is 7.72. The van der Waals surface area contributed by atoms with Gasteiger partial charge < -0.3 is 10.3 Å². The summed E-state index contributed by atoms with van der Waals surface area (Å²) in [5.74, 6) is 0.736. The summed E-state index contributed by atoms with van der Waals surface area (Å²) in [6, 6.07) is 8.01. The molecular formula is C12H14BrN3. The largest absolute Gasteiger partial charge is 0.383 e. The number of aromatic nitrogens is 2. The Morgan fingerprint density at radius 3 is 2.94 bits per heavy atom. The van der Waals surface area contributed by atoms with Crippen LogP contribution in [0.3, 0.4) is 0 Å². The molecule has 84 valence electrons. The maximum atomic E-state index is 6.06. The van der Waals surface area contributed by atoms with Crippen LogP contribution in [0.5, 0.6) is 0 Å². The van der Waals surface area contributed by atoms with Crippen molar-refractivity contribution in [3.63, 3.8) is 0 Å². The average Bonchev–Trinajstić information content (AvgIpc) is 2.61. The lowest BCUT2D eigenvalue weighted by molar-refractivity contribution is 0.686. The van der Waals surface area contributed by atoms with E-state index < -0.39 is 0 Å². The number of nitrogens with two attached hydrogens (primary N) is 1. The minimum atomic E-state index is 0.736. The molecule has 1 aromatic carbocycles. The van der Waals surface area contributed by atoms with Crippen molar-refractivity contribution in [2.24, 2.45) is 0 Å². The molecule has 0 saturated heterocycles. The van der Waals surface area contributed by atoms with Crippen molar-refractivity contribution in [3.8, 4) is 11.3 Å². The quantitative estimate of drug-likeness (QED) is 0.937. The highest BCUT2D eigenvalue weighted by Gasteiger charge is 2.09. The lowest BCUT2D eigenvalue weighted by atomic mass is 10.1. The van der Waals surface area contributed by atoms with Gasteiger partial charge in [0.05, 0.1) is 6.33 Å². The van der Waals surface area contributed by atoms with Crippen molar-refractivity contribution in [2.45, 2.75) is 19.9 Å². The maximum Gasteiger partial charge on any atom is 0.131 e. The summed E-state index contributed by atoms with van der Waals surface area (Å²) in [5, 5.41) is 0. The predicted octanol–water partition coefficient (Wildman–Crippen LogP) is 3.30. The van der Waals surface area contributed by atoms with E-state index in [1.165, 1.54) is 0 Å². The van der Waals surface area contributed by atoms with Crippen LogP contribution >= 0.6 is 15.9 Å². The highest BCUT2D eigenvalue weighted by atomic mass is 79.9. The summed E-state index contributed by atoms with van der Waals surface area (Å²) in [7, 11) is 0. The number of rotatable bonds is 3. The van der Waals surface area contributed by atoms with E-state index in [0.29, 0.717) is 0 Å². The number of nitrogen functional groups attached to an aromatic ring is 1. The highest BCUT2D eigenvalue weighted by Crippen LogP contribution is 2.26. The van der Waals surface area contributed by atoms with Crippen LogP contribution in [-0.2, 0) is 6.54 Å². The zero-order valence-electron chi connectivity index (χ0n) is 9.15. The van der Waals surface area contributed by atoms with Crippen LogP contribution in [-0.4, -0.2) is 9.55 Å². The van der Waals surface area contributed by atoms with Crippen LogP contribution in [0.15, 0.2) is 35.1 Å². The van der Waals surface area contributed by atoms with Crippen LogP contribution in [0, 0.1) is 0 Å². The van der Waals surface area contributed by atoms with Gasteiger partial charge in [-0.1, -0.05) is 35.0 Å². The molecule has 16 heavy (non-hydrogen) atoms. The normalized spacial score (nSPS) is 10.6. The molecule has 0 bridgehead atoms. The lowest BCUT2D eigenvalue weighted by Gasteiger charge is -2.04. The topological polar surface area (TPSA) is 43.8 Å². The molecule has 0 saturated carbocycles. The van der Waals surface area contributed by atoms with E-state index in [4.69, 9.17) is 5.73 Å². The summed E-state index contributed by atoms with van der Waals surface area (Å²) >= 11 is 3.45. The zero-order valence-corrected chi connectivity index (χ0v) is 10.7. The Labute approximate surface area is 103 Å². The van der Waals surface area contributed by atoms with Crippen molar-refractivity contribution < 1.29 is 0 Å². The van der Waals surface area contributed by atoms with Crippen molar-refractivity contribution in [3.05, 3.63) is 35.1 Å². The lowest BCUT2D eigenvalue weighted by Crippen LogP contribution is -2.01. The van der Waals surface area contributed by atoms with Crippen LogP contribution in [0.25, 0.3) is 11.3 Å². The standard InChI is InChI=1S/C12H14BrN3/c1-2-6-16-8-15-11(12(16)14)9-4-3-5-10(13)7-9/h3-5,7-8H,2,6,14H2,1H3. The molecule has 2 aromatic rings. The van der Waals surface area contributed by atoms with Gasteiger partial charge in [0, 0.05) is 16.6 Å². The zero-order chi connectivity index (χ0) is 11.5. The van der Waals surface area contributed by atoms with Crippen molar-refractivity contribution in [2.75, 3.05) is 5.73 Å². The first-order valence-corrected chi connectivity index (χ1v) is 6.08. The van der Waals surface area contributed by atoms with Gasteiger partial charge in [-0.2, -0.15) is 0 Å². The molecule has 0 aliphatic heterocycles. The molecule has 0 fully saturated rings. The van der Waals surface area contributed by atoms with Crippen LogP contribution < -0.4 is 5.73 Å². The third-order valence-electron chi connectivity index (χ3n) is 2.44. The number of hydrogen-bond donors (Lipinski definition) is 1. The third kappa shape index (κ3) is 2.11. The molecule has 2 N–H and O–H groups in total. The molecule has 1 heterocycles. The van der Waals surface area contributed by atoms with E-state index >= 15 is 0 Å². The fraction of sp³-hybridized carbons (Fsp3) is 0.250. The number of anilines is 1. The smallest absolute Gasteiger partial charge is 0.131 e. The number of nitrogens with zero attached hydrogens (tertiary/aromatic N) is 2. The summed E-state index contributed by atoms with van der Waals surface area (Å²) in [6.45, 7) is 3.03. The molecule has 0 radical (unpaired) electrons. The summed E-state index contributed by atoms with van der Waals surface area (Å²) < 4.78 is 3.02. The molecular weight excluding hydrogens is 266 g/mol. The average molecular weight is 280 g/mol. The van der Waals surface area contributed by atoms with Crippen LogP contribution in [0.2, 0.25) is 0 Å². The molecule has 4 heteroatoms. The summed E-state index contributed by atoms with van der Waals surface area (Å²) in [5.41, 5.74) is 7.96. The van der Waals surface area contributed by atoms with Gasteiger partial charge in [0.25, 0.3) is 0 Å². The SMILES string of the molecule is CCCn1cnc(-c2cccc(Br)c2)c1N. The molecule has 0 aliphatic carbocycles. The minimum absolute atomic E-state index is 0.736. The summed E-state index contributed by atoms with van der Waals surface area (Å²) in [4.78, 5) is 4.36. The first-order valence-electron chi connectivity index (χ1n) is 5.29. The Bertz CT molecular complexity index is 491. The molecule has 2 rings (SSSR count). The molecule has 1 aromatic heterocycles. The Morgan fingerprint density at radius 1 is 1.44 bits per heavy atom. The van der Waals surface area contributed by atoms with E-state index in [9.17, 15) is 0 Å². The second-order valence-corrected chi connectivity index (χ2v) is 4.60. The van der Waals surface area contributed by atoms with E-state index in [1.807, 2.05) is 28.8 Å². The Kier molecular flexibility index (Phi) is 3.29. The highest BCUT2D eigenvalue weighted by molar-refractivity contribution is 9.10. The van der Waals surface area contributed by atoms with E-state index in [-0.39, 0.29) is 0 Å². The minimum Gasteiger partial charge on any atom is -0.383 e. The van der Waals surface area contributed by atoms with Gasteiger partial charge in [0.15, 0.2) is 0 Å². The van der Waals surface area contributed by atoms with Crippen LogP contribution in [0.1, 0.15) is 13.3 Å². The summed E-state index contributed by atoms with van der Waals surface area (Å²) in [6.07, 6.45) is 2.85. The van der Waals surface area contributed by atoms with E-state index in [0.717, 1.165) is 34.5 Å². The molecule has 0 spiro atoms. The van der Waals surface area contributed by atoms with Crippen molar-refractivity contribution in [1.29, 1.82) is 0 Å². The Morgan fingerprint density at radius 2 is 2.25 bits per heavy atom. The van der Waals surface area contributed by atoms with E-state index in [2.05, 4.69) is 27.8 Å².